The van der Waals surface area contributed by atoms with E-state index in [1.54, 1.807) is 0 Å². The van der Waals surface area contributed by atoms with E-state index >= 15 is 0 Å². The number of hydrogen-bond donors (Lipinski definition) is 2. The number of nitrogens with one attached hydrogen (secondary N) is 1. The predicted molar refractivity (Wildman–Crippen MR) is 74.3 cm³/mol. The van der Waals surface area contributed by atoms with Crippen molar-refractivity contribution in [2.75, 3.05) is 24.7 Å². The maximum absolute atomic E-state index is 11.5. The van der Waals surface area contributed by atoms with Crippen molar-refractivity contribution in [3.8, 4) is 0 Å². The van der Waals surface area contributed by atoms with Crippen LogP contribution in [0.4, 0.5) is 0 Å². The Labute approximate surface area is 111 Å². The summed E-state index contributed by atoms with van der Waals surface area (Å²) in [6.07, 6.45) is 3.60. The summed E-state index contributed by atoms with van der Waals surface area (Å²) >= 11 is 0. The maximum Gasteiger partial charge on any atom is 0.151 e. The molecule has 1 aliphatic rings. The molecule has 18 heavy (non-hydrogen) atoms. The van der Waals surface area contributed by atoms with Crippen molar-refractivity contribution < 1.29 is 13.5 Å². The van der Waals surface area contributed by atoms with Crippen molar-refractivity contribution in [2.24, 2.45) is 11.8 Å². The van der Waals surface area contributed by atoms with Crippen LogP contribution in [0.1, 0.15) is 39.5 Å². The number of hydrogen-bond acceptors (Lipinski definition) is 4. The molecule has 1 fully saturated rings. The van der Waals surface area contributed by atoms with Crippen LogP contribution in [0.25, 0.3) is 0 Å². The van der Waals surface area contributed by atoms with Crippen molar-refractivity contribution in [3.05, 3.63) is 0 Å². The first-order valence-electron chi connectivity index (χ1n) is 6.97. The lowest BCUT2D eigenvalue weighted by atomic mass is 9.94. The fraction of sp³-hybridized carbons (Fsp3) is 1.00. The molecule has 0 aromatic rings. The van der Waals surface area contributed by atoms with Crippen LogP contribution in [-0.2, 0) is 9.84 Å². The number of aliphatic hydroxyl groups excluding tert-OH is 1. The third-order valence-corrected chi connectivity index (χ3v) is 5.32. The monoisotopic (exact) mass is 277 g/mol. The van der Waals surface area contributed by atoms with Gasteiger partial charge >= 0.3 is 0 Å². The Bertz CT molecular complexity index is 327. The molecule has 0 amide bonds. The molecule has 5 heteroatoms. The molecule has 1 aliphatic heterocycles. The van der Waals surface area contributed by atoms with Gasteiger partial charge in [0.2, 0.25) is 0 Å². The normalized spacial score (nSPS) is 25.2. The summed E-state index contributed by atoms with van der Waals surface area (Å²) in [7, 11) is -2.83. The lowest BCUT2D eigenvalue weighted by Gasteiger charge is -2.26. The van der Waals surface area contributed by atoms with E-state index in [1.165, 1.54) is 0 Å². The Morgan fingerprint density at radius 1 is 1.39 bits per heavy atom. The topological polar surface area (TPSA) is 66.4 Å². The molecular weight excluding hydrogens is 250 g/mol. The van der Waals surface area contributed by atoms with E-state index in [4.69, 9.17) is 5.11 Å². The van der Waals surface area contributed by atoms with E-state index in [9.17, 15) is 8.42 Å². The first kappa shape index (κ1) is 15.9. The van der Waals surface area contributed by atoms with Gasteiger partial charge in [0, 0.05) is 12.6 Å². The van der Waals surface area contributed by atoms with Crippen LogP contribution in [0.5, 0.6) is 0 Å². The zero-order valence-corrected chi connectivity index (χ0v) is 12.4. The second-order valence-corrected chi connectivity index (χ2v) is 8.10. The zero-order chi connectivity index (χ0) is 13.6. The molecule has 2 atom stereocenters. The third kappa shape index (κ3) is 6.16. The zero-order valence-electron chi connectivity index (χ0n) is 11.6. The Kier molecular flexibility index (Phi) is 6.60. The van der Waals surface area contributed by atoms with Gasteiger partial charge in [-0.1, -0.05) is 13.8 Å². The van der Waals surface area contributed by atoms with Crippen molar-refractivity contribution in [1.29, 1.82) is 0 Å². The SMILES string of the molecule is CC(C)CC(CCO)CNC1CCCS(=O)(=O)C1. The summed E-state index contributed by atoms with van der Waals surface area (Å²) in [6, 6.07) is 0.108. The lowest BCUT2D eigenvalue weighted by Crippen LogP contribution is -2.42. The predicted octanol–water partition coefficient (Wildman–Crippen LogP) is 1.20. The standard InChI is InChI=1S/C13H27NO3S/c1-11(2)8-12(5-6-15)9-14-13-4-3-7-18(16,17)10-13/h11-15H,3-10H2,1-2H3. The minimum Gasteiger partial charge on any atom is -0.396 e. The van der Waals surface area contributed by atoms with E-state index in [0.29, 0.717) is 17.6 Å². The molecule has 0 saturated carbocycles. The molecule has 4 nitrogen and oxygen atoms in total. The fourth-order valence-electron chi connectivity index (χ4n) is 2.67. The van der Waals surface area contributed by atoms with Crippen LogP contribution in [0.15, 0.2) is 0 Å². The third-order valence-electron chi connectivity index (χ3n) is 3.50. The molecule has 108 valence electrons. The molecule has 0 radical (unpaired) electrons. The minimum absolute atomic E-state index is 0.108. The summed E-state index contributed by atoms with van der Waals surface area (Å²) in [6.45, 7) is 5.38. The summed E-state index contributed by atoms with van der Waals surface area (Å²) in [5.74, 6) is 1.68. The largest absolute Gasteiger partial charge is 0.396 e. The molecular formula is C13H27NO3S. The van der Waals surface area contributed by atoms with Crippen LogP contribution in [0, 0.1) is 11.8 Å². The minimum atomic E-state index is -2.83. The highest BCUT2D eigenvalue weighted by Crippen LogP contribution is 2.16. The molecule has 1 saturated heterocycles. The van der Waals surface area contributed by atoms with Crippen molar-refractivity contribution in [2.45, 2.75) is 45.6 Å². The highest BCUT2D eigenvalue weighted by atomic mass is 32.2. The number of sulfone groups is 1. The van der Waals surface area contributed by atoms with Gasteiger partial charge in [0.1, 0.15) is 0 Å². The second-order valence-electron chi connectivity index (χ2n) is 5.87. The van der Waals surface area contributed by atoms with Crippen molar-refractivity contribution in [3.63, 3.8) is 0 Å². The summed E-state index contributed by atoms with van der Waals surface area (Å²) < 4.78 is 23.1. The van der Waals surface area contributed by atoms with Gasteiger partial charge in [-0.2, -0.15) is 0 Å². The van der Waals surface area contributed by atoms with Crippen LogP contribution in [0.3, 0.4) is 0 Å². The molecule has 0 spiro atoms. The van der Waals surface area contributed by atoms with Gasteiger partial charge in [0.15, 0.2) is 9.84 Å². The highest BCUT2D eigenvalue weighted by Gasteiger charge is 2.24. The van der Waals surface area contributed by atoms with E-state index in [1.807, 2.05) is 0 Å². The lowest BCUT2D eigenvalue weighted by molar-refractivity contribution is 0.236. The average molecular weight is 277 g/mol. The Hall–Kier alpha value is -0.130. The molecule has 0 bridgehead atoms. The van der Waals surface area contributed by atoms with Crippen LogP contribution in [0.2, 0.25) is 0 Å². The van der Waals surface area contributed by atoms with Crippen LogP contribution >= 0.6 is 0 Å². The Morgan fingerprint density at radius 2 is 2.11 bits per heavy atom. The van der Waals surface area contributed by atoms with E-state index < -0.39 is 9.84 Å². The Morgan fingerprint density at radius 3 is 2.67 bits per heavy atom. The molecule has 2 unspecified atom stereocenters. The van der Waals surface area contributed by atoms with Gasteiger partial charge in [0.25, 0.3) is 0 Å². The molecule has 0 aromatic heterocycles. The molecule has 2 N–H and O–H groups in total. The molecule has 0 aliphatic carbocycles. The number of rotatable bonds is 7. The first-order chi connectivity index (χ1) is 8.43. The van der Waals surface area contributed by atoms with Gasteiger partial charge in [-0.05, 0) is 44.1 Å². The van der Waals surface area contributed by atoms with Gasteiger partial charge in [0.05, 0.1) is 11.5 Å². The smallest absolute Gasteiger partial charge is 0.151 e. The second kappa shape index (κ2) is 7.46. The van der Waals surface area contributed by atoms with E-state index in [-0.39, 0.29) is 18.4 Å². The van der Waals surface area contributed by atoms with Gasteiger partial charge in [-0.3, -0.25) is 0 Å². The Balaban J connectivity index is 2.36. The van der Waals surface area contributed by atoms with Gasteiger partial charge < -0.3 is 10.4 Å². The van der Waals surface area contributed by atoms with E-state index in [0.717, 1.165) is 32.2 Å². The van der Waals surface area contributed by atoms with E-state index in [2.05, 4.69) is 19.2 Å². The van der Waals surface area contributed by atoms with Crippen molar-refractivity contribution in [1.82, 2.24) is 5.32 Å². The van der Waals surface area contributed by atoms with Crippen molar-refractivity contribution >= 4 is 9.84 Å². The fourth-order valence-corrected chi connectivity index (χ4v) is 4.34. The average Bonchev–Trinajstić information content (AvgIpc) is 2.24. The quantitative estimate of drug-likeness (QED) is 0.734. The van der Waals surface area contributed by atoms with Gasteiger partial charge in [-0.25, -0.2) is 8.42 Å². The summed E-state index contributed by atoms with van der Waals surface area (Å²) in [5.41, 5.74) is 0. The van der Waals surface area contributed by atoms with Crippen LogP contribution in [-0.4, -0.2) is 44.2 Å². The number of aliphatic hydroxyl groups is 1. The van der Waals surface area contributed by atoms with Gasteiger partial charge in [-0.15, -0.1) is 0 Å². The summed E-state index contributed by atoms with van der Waals surface area (Å²) in [4.78, 5) is 0. The summed E-state index contributed by atoms with van der Waals surface area (Å²) in [5, 5.41) is 12.4. The first-order valence-corrected chi connectivity index (χ1v) is 8.79. The van der Waals surface area contributed by atoms with Crippen LogP contribution < -0.4 is 5.32 Å². The highest BCUT2D eigenvalue weighted by molar-refractivity contribution is 7.91. The molecule has 0 aromatic carbocycles. The molecule has 1 heterocycles. The molecule has 1 rings (SSSR count). The maximum atomic E-state index is 11.5.